The standard InChI is InChI=1S/C60H54N4O8S2/c1-36(2)53(68)6-5-33-71-54(69)31-34-73-60(3,4)74-35-32-55(70)72-44-21-13-40(14-22-44)59-51-29-27-49(63-51)57(38-9-17-42(66)18-10-38)47-25-23-45(61-47)56(37-7-15-41(65)16-8-37)46-24-26-48(62-46)58(50-28-30-52(59)64-50)39-11-19-43(67)20-12-39/h7-30,61,64-67H,1,5-6,31-35H2,2-4H3. The molecule has 0 fully saturated rings. The summed E-state index contributed by atoms with van der Waals surface area (Å²) in [5.41, 5.74) is 12.8. The summed E-state index contributed by atoms with van der Waals surface area (Å²) in [5.74, 6) is 1.19. The van der Waals surface area contributed by atoms with Crippen LogP contribution in [0.1, 0.15) is 69.2 Å². The maximum absolute atomic E-state index is 13.2. The number of thioether (sulfide) groups is 2. The Balaban J connectivity index is 1.04. The first-order valence-corrected chi connectivity index (χ1v) is 26.1. The number of allylic oxidation sites excluding steroid dienone is 1. The van der Waals surface area contributed by atoms with Crippen molar-refractivity contribution < 1.29 is 39.2 Å². The number of benzene rings is 4. The zero-order valence-electron chi connectivity index (χ0n) is 41.1. The average molecular weight is 1020 g/mol. The Morgan fingerprint density at radius 3 is 1.24 bits per heavy atom. The van der Waals surface area contributed by atoms with Gasteiger partial charge in [0.2, 0.25) is 0 Å². The highest BCUT2D eigenvalue weighted by atomic mass is 32.2. The minimum absolute atomic E-state index is 0.0280. The zero-order chi connectivity index (χ0) is 51.9. The van der Waals surface area contributed by atoms with E-state index in [1.54, 1.807) is 79.0 Å². The van der Waals surface area contributed by atoms with Crippen LogP contribution < -0.4 is 4.74 Å². The fourth-order valence-corrected chi connectivity index (χ4v) is 11.0. The number of nitrogens with zero attached hydrogens (tertiary/aromatic N) is 2. The van der Waals surface area contributed by atoms with E-state index in [9.17, 15) is 29.7 Å². The minimum atomic E-state index is -0.368. The van der Waals surface area contributed by atoms with Crippen LogP contribution in [0.5, 0.6) is 23.0 Å². The van der Waals surface area contributed by atoms with Crippen LogP contribution in [0.2, 0.25) is 0 Å². The maximum Gasteiger partial charge on any atom is 0.312 e. The van der Waals surface area contributed by atoms with Crippen LogP contribution in [0.3, 0.4) is 0 Å². The van der Waals surface area contributed by atoms with Gasteiger partial charge in [-0.05, 0) is 152 Å². The molecule has 374 valence electrons. The van der Waals surface area contributed by atoms with E-state index in [4.69, 9.17) is 19.4 Å². The van der Waals surface area contributed by atoms with Gasteiger partial charge in [0.15, 0.2) is 5.78 Å². The van der Waals surface area contributed by atoms with Crippen molar-refractivity contribution in [1.29, 1.82) is 0 Å². The lowest BCUT2D eigenvalue weighted by molar-refractivity contribution is -0.143. The lowest BCUT2D eigenvalue weighted by atomic mass is 10.0. The molecule has 0 spiro atoms. The van der Waals surface area contributed by atoms with Gasteiger partial charge in [-0.1, -0.05) is 55.1 Å². The van der Waals surface area contributed by atoms with Crippen molar-refractivity contribution >= 4 is 87.6 Å². The van der Waals surface area contributed by atoms with Crippen molar-refractivity contribution in [3.8, 4) is 67.5 Å². The van der Waals surface area contributed by atoms with E-state index in [0.717, 1.165) is 66.6 Å². The molecular formula is C60H54N4O8S2. The van der Waals surface area contributed by atoms with Crippen LogP contribution in [0.25, 0.3) is 90.9 Å². The van der Waals surface area contributed by atoms with Crippen LogP contribution in [-0.2, 0) is 19.1 Å². The van der Waals surface area contributed by atoms with Crippen molar-refractivity contribution in [2.75, 3.05) is 18.1 Å². The van der Waals surface area contributed by atoms with E-state index in [2.05, 4.69) is 30.4 Å². The highest BCUT2D eigenvalue weighted by Crippen LogP contribution is 2.40. The number of H-pyrrole nitrogens is 2. The number of carbonyl (C=O) groups is 3. The number of hydrogen-bond acceptors (Lipinski definition) is 12. The number of rotatable bonds is 18. The predicted octanol–water partition coefficient (Wildman–Crippen LogP) is 13.8. The lowest BCUT2D eigenvalue weighted by Crippen LogP contribution is -2.15. The number of Topliss-reactive ketones (excluding diaryl/α,β-unsaturated/α-hetero) is 1. The SMILES string of the molecule is C=C(C)C(=O)CCCOC(=O)CCSC(C)(C)SCCC(=O)Oc1ccc(-c2c3nc(c(-c4ccc(O)cc4)c4ccc([nH]4)c(-c4ccc(O)cc4)c4nc(c(-c5ccc(O)cc5)c5ccc2[nH]5)C=C4)C=C3)cc1. The van der Waals surface area contributed by atoms with Gasteiger partial charge in [-0.25, -0.2) is 9.97 Å². The molecule has 0 aliphatic carbocycles. The summed E-state index contributed by atoms with van der Waals surface area (Å²) >= 11 is 3.23. The van der Waals surface area contributed by atoms with Crippen molar-refractivity contribution in [3.63, 3.8) is 0 Å². The number of fused-ring (bicyclic) bond motifs is 8. The van der Waals surface area contributed by atoms with Gasteiger partial charge < -0.3 is 34.8 Å². The van der Waals surface area contributed by atoms with Crippen LogP contribution in [0, 0.1) is 0 Å². The molecule has 9 rings (SSSR count). The van der Waals surface area contributed by atoms with Gasteiger partial charge in [0.25, 0.3) is 0 Å². The Hall–Kier alpha value is -8.07. The molecule has 3 aromatic heterocycles. The fraction of sp³-hybridized carbons (Fsp3) is 0.183. The summed E-state index contributed by atoms with van der Waals surface area (Å²) in [5, 5.41) is 31.0. The highest BCUT2D eigenvalue weighted by molar-refractivity contribution is 8.18. The summed E-state index contributed by atoms with van der Waals surface area (Å²) in [6.07, 6.45) is 9.12. The minimum Gasteiger partial charge on any atom is -0.508 e. The molecule has 2 aliphatic heterocycles. The molecule has 74 heavy (non-hydrogen) atoms. The Morgan fingerprint density at radius 2 is 0.878 bits per heavy atom. The third-order valence-electron chi connectivity index (χ3n) is 12.4. The number of aromatic nitrogens is 4. The Bertz CT molecular complexity index is 3460. The lowest BCUT2D eigenvalue weighted by Gasteiger charge is -2.23. The molecule has 0 unspecified atom stereocenters. The second kappa shape index (κ2) is 22.4. The number of nitrogens with one attached hydrogen (secondary N) is 2. The number of carbonyl (C=O) groups excluding carboxylic acids is 3. The summed E-state index contributed by atoms with van der Waals surface area (Å²) in [6.45, 7) is 9.63. The van der Waals surface area contributed by atoms with E-state index in [1.165, 1.54) is 0 Å². The molecule has 12 nitrogen and oxygen atoms in total. The first-order valence-electron chi connectivity index (χ1n) is 24.2. The number of esters is 2. The monoisotopic (exact) mass is 1020 g/mol. The molecule has 7 aromatic rings. The summed E-state index contributed by atoms with van der Waals surface area (Å²) in [7, 11) is 0. The van der Waals surface area contributed by atoms with Crippen LogP contribution in [0.4, 0.5) is 0 Å². The molecule has 0 saturated carbocycles. The van der Waals surface area contributed by atoms with E-state index >= 15 is 0 Å². The van der Waals surface area contributed by atoms with Crippen molar-refractivity contribution in [2.24, 2.45) is 0 Å². The summed E-state index contributed by atoms with van der Waals surface area (Å²) in [4.78, 5) is 55.2. The summed E-state index contributed by atoms with van der Waals surface area (Å²) in [6, 6.07) is 36.4. The number of phenols is 3. The highest BCUT2D eigenvalue weighted by Gasteiger charge is 2.22. The molecule has 4 aromatic carbocycles. The Morgan fingerprint density at radius 1 is 0.527 bits per heavy atom. The van der Waals surface area contributed by atoms with Gasteiger partial charge in [-0.2, -0.15) is 0 Å². The van der Waals surface area contributed by atoms with Crippen LogP contribution in [-0.4, -0.2) is 75.2 Å². The predicted molar refractivity (Wildman–Crippen MR) is 299 cm³/mol. The third kappa shape index (κ3) is 12.1. The van der Waals surface area contributed by atoms with Crippen molar-refractivity contribution in [2.45, 2.75) is 50.5 Å². The Labute approximate surface area is 437 Å². The molecule has 2 aliphatic rings. The van der Waals surface area contributed by atoms with Crippen molar-refractivity contribution in [3.05, 3.63) is 156 Å². The molecule has 5 N–H and O–H groups in total. The molecule has 8 bridgehead atoms. The van der Waals surface area contributed by atoms with E-state index in [-0.39, 0.29) is 58.5 Å². The fourth-order valence-electron chi connectivity index (χ4n) is 8.68. The largest absolute Gasteiger partial charge is 0.508 e. The number of ether oxygens (including phenoxy) is 2. The molecule has 0 radical (unpaired) electrons. The van der Waals surface area contributed by atoms with Gasteiger partial charge in [0.1, 0.15) is 23.0 Å². The summed E-state index contributed by atoms with van der Waals surface area (Å²) < 4.78 is 10.9. The van der Waals surface area contributed by atoms with Gasteiger partial charge in [0.05, 0.1) is 46.3 Å². The average Bonchev–Trinajstić information content (AvgIpc) is 4.24. The molecule has 14 heteroatoms. The first-order chi connectivity index (χ1) is 35.7. The number of hydrogen-bond donors (Lipinski definition) is 5. The molecule has 5 heterocycles. The van der Waals surface area contributed by atoms with Crippen LogP contribution >= 0.6 is 23.5 Å². The molecule has 0 atom stereocenters. The second-order valence-electron chi connectivity index (χ2n) is 18.3. The van der Waals surface area contributed by atoms with Gasteiger partial charge in [-0.15, -0.1) is 23.5 Å². The van der Waals surface area contributed by atoms with Gasteiger partial charge in [0, 0.05) is 62.2 Å². The van der Waals surface area contributed by atoms with Gasteiger partial charge >= 0.3 is 11.9 Å². The molecular weight excluding hydrogens is 969 g/mol. The molecule has 0 amide bonds. The van der Waals surface area contributed by atoms with Crippen molar-refractivity contribution in [1.82, 2.24) is 19.9 Å². The van der Waals surface area contributed by atoms with E-state index in [1.807, 2.05) is 97.1 Å². The first kappa shape index (κ1) is 50.9. The number of aromatic amines is 2. The quantitative estimate of drug-likeness (QED) is 0.0180. The third-order valence-corrected chi connectivity index (χ3v) is 15.3. The van der Waals surface area contributed by atoms with Gasteiger partial charge in [-0.3, -0.25) is 14.4 Å². The second-order valence-corrected chi connectivity index (χ2v) is 22.0. The molecule has 0 saturated heterocycles. The maximum atomic E-state index is 13.2. The number of phenolic OH excluding ortho intramolecular Hbond substituents is 3. The van der Waals surface area contributed by atoms with E-state index in [0.29, 0.717) is 58.4 Å². The smallest absolute Gasteiger partial charge is 0.312 e. The Kier molecular flexibility index (Phi) is 15.4. The zero-order valence-corrected chi connectivity index (χ0v) is 42.7. The topological polar surface area (TPSA) is 188 Å². The van der Waals surface area contributed by atoms with E-state index < -0.39 is 0 Å². The number of ketones is 1. The van der Waals surface area contributed by atoms with Crippen LogP contribution in [0.15, 0.2) is 133 Å². The normalized spacial score (nSPS) is 11.9. The number of aromatic hydroxyl groups is 3.